The summed E-state index contributed by atoms with van der Waals surface area (Å²) in [7, 11) is 0. The Labute approximate surface area is 96.9 Å². The fraction of sp³-hybridized carbons (Fsp3) is 0.222. The second kappa shape index (κ2) is 4.73. The van der Waals surface area contributed by atoms with Gasteiger partial charge in [0.1, 0.15) is 0 Å². The zero-order chi connectivity index (χ0) is 8.43. The Balaban J connectivity index is 0.00000121. The summed E-state index contributed by atoms with van der Waals surface area (Å²) in [6.07, 6.45) is 5.17. The molecule has 0 saturated heterocycles. The van der Waals surface area contributed by atoms with E-state index in [1.807, 2.05) is 6.92 Å². The Morgan fingerprint density at radius 3 is 2.58 bits per heavy atom. The van der Waals surface area contributed by atoms with Crippen molar-refractivity contribution in [2.24, 2.45) is 0 Å². The SMILES string of the molecule is CC1=C(C)C(=O)/C(=C\O)C=[C-]1.[Y]. The molecule has 0 atom stereocenters. The quantitative estimate of drug-likeness (QED) is 0.396. The van der Waals surface area contributed by atoms with E-state index in [4.69, 9.17) is 5.11 Å². The van der Waals surface area contributed by atoms with Crippen molar-refractivity contribution < 1.29 is 42.6 Å². The second-order valence-corrected chi connectivity index (χ2v) is 2.45. The van der Waals surface area contributed by atoms with Crippen molar-refractivity contribution in [1.82, 2.24) is 0 Å². The molecule has 3 heteroatoms. The number of carbonyl (C=O) groups excluding carboxylic acids is 1. The van der Waals surface area contributed by atoms with Crippen molar-refractivity contribution in [3.63, 3.8) is 0 Å². The molecular formula is C9H9O2Y-. The third kappa shape index (κ3) is 2.14. The minimum atomic E-state index is -0.122. The first-order valence-corrected chi connectivity index (χ1v) is 3.33. The van der Waals surface area contributed by atoms with Gasteiger partial charge in [0.25, 0.3) is 0 Å². The van der Waals surface area contributed by atoms with E-state index in [9.17, 15) is 4.79 Å². The third-order valence-electron chi connectivity index (χ3n) is 1.75. The Hall–Kier alpha value is -0.206. The van der Waals surface area contributed by atoms with Crippen LogP contribution in [0.5, 0.6) is 0 Å². The number of hydrogen-bond donors (Lipinski definition) is 1. The van der Waals surface area contributed by atoms with Crippen LogP contribution in [0.3, 0.4) is 0 Å². The summed E-state index contributed by atoms with van der Waals surface area (Å²) >= 11 is 0. The van der Waals surface area contributed by atoms with E-state index >= 15 is 0 Å². The third-order valence-corrected chi connectivity index (χ3v) is 1.75. The van der Waals surface area contributed by atoms with Gasteiger partial charge in [0.15, 0.2) is 0 Å². The van der Waals surface area contributed by atoms with Crippen LogP contribution in [-0.4, -0.2) is 10.9 Å². The first-order chi connectivity index (χ1) is 5.16. The van der Waals surface area contributed by atoms with Crippen molar-refractivity contribution in [1.29, 1.82) is 0 Å². The molecule has 12 heavy (non-hydrogen) atoms. The molecule has 0 saturated carbocycles. The first kappa shape index (κ1) is 11.8. The van der Waals surface area contributed by atoms with E-state index in [2.05, 4.69) is 6.08 Å². The van der Waals surface area contributed by atoms with Crippen LogP contribution < -0.4 is 0 Å². The number of aliphatic hydroxyl groups is 1. The minimum absolute atomic E-state index is 0. The van der Waals surface area contributed by atoms with Crippen LogP contribution in [0.2, 0.25) is 0 Å². The monoisotopic (exact) mass is 238 g/mol. The molecule has 0 aliphatic heterocycles. The summed E-state index contributed by atoms with van der Waals surface area (Å²) in [5.74, 6) is -0.122. The number of ketones is 1. The molecule has 0 fully saturated rings. The van der Waals surface area contributed by atoms with Gasteiger partial charge in [-0.3, -0.25) is 0 Å². The predicted molar refractivity (Wildman–Crippen MR) is 41.9 cm³/mol. The van der Waals surface area contributed by atoms with E-state index in [0.717, 1.165) is 11.8 Å². The molecule has 0 spiro atoms. The van der Waals surface area contributed by atoms with Gasteiger partial charge in [-0.15, -0.1) is 5.57 Å². The average molecular weight is 238 g/mol. The van der Waals surface area contributed by atoms with E-state index in [1.54, 1.807) is 6.92 Å². The van der Waals surface area contributed by atoms with E-state index in [1.165, 1.54) is 6.08 Å². The zero-order valence-corrected chi connectivity index (χ0v) is 9.93. The molecule has 0 unspecified atom stereocenters. The molecule has 2 nitrogen and oxygen atoms in total. The van der Waals surface area contributed by atoms with Gasteiger partial charge in [-0.1, -0.05) is 19.4 Å². The molecule has 61 valence electrons. The Bertz CT molecular complexity index is 285. The van der Waals surface area contributed by atoms with Gasteiger partial charge in [-0.25, -0.2) is 0 Å². The summed E-state index contributed by atoms with van der Waals surface area (Å²) in [4.78, 5) is 11.2. The summed E-state index contributed by atoms with van der Waals surface area (Å²) in [5, 5.41) is 8.59. The fourth-order valence-electron chi connectivity index (χ4n) is 0.843. The van der Waals surface area contributed by atoms with Gasteiger partial charge in [0.2, 0.25) is 0 Å². The summed E-state index contributed by atoms with van der Waals surface area (Å²) in [6.45, 7) is 3.54. The normalized spacial score (nSPS) is 19.8. The van der Waals surface area contributed by atoms with Crippen LogP contribution in [0.1, 0.15) is 13.8 Å². The Morgan fingerprint density at radius 2 is 2.08 bits per heavy atom. The molecule has 1 N–H and O–H groups in total. The van der Waals surface area contributed by atoms with Gasteiger partial charge in [-0.05, 0) is 0 Å². The molecule has 0 bridgehead atoms. The maximum Gasteiger partial charge on any atom is 0.0845 e. The van der Waals surface area contributed by atoms with Gasteiger partial charge < -0.3 is 9.90 Å². The summed E-state index contributed by atoms with van der Waals surface area (Å²) < 4.78 is 0. The topological polar surface area (TPSA) is 37.3 Å². The van der Waals surface area contributed by atoms with Gasteiger partial charge >= 0.3 is 0 Å². The fourth-order valence-corrected chi connectivity index (χ4v) is 0.843. The van der Waals surface area contributed by atoms with Crippen molar-refractivity contribution >= 4 is 5.78 Å². The van der Waals surface area contributed by atoms with Crippen LogP contribution in [0.15, 0.2) is 29.1 Å². The molecule has 0 heterocycles. The second-order valence-electron chi connectivity index (χ2n) is 2.45. The number of carbonyl (C=O) groups is 1. The van der Waals surface area contributed by atoms with Crippen LogP contribution in [0.25, 0.3) is 0 Å². The molecule has 0 aromatic carbocycles. The number of allylic oxidation sites excluding steroid dienone is 5. The molecule has 1 radical (unpaired) electrons. The average Bonchev–Trinajstić information content (AvgIpc) is 2.01. The maximum atomic E-state index is 11.2. The molecular weight excluding hydrogens is 229 g/mol. The smallest absolute Gasteiger partial charge is 0.0845 e. The van der Waals surface area contributed by atoms with Crippen LogP contribution in [0, 0.1) is 6.08 Å². The molecule has 0 aromatic rings. The number of hydrogen-bond acceptors (Lipinski definition) is 2. The zero-order valence-electron chi connectivity index (χ0n) is 7.09. The van der Waals surface area contributed by atoms with Crippen molar-refractivity contribution in [2.45, 2.75) is 13.8 Å². The summed E-state index contributed by atoms with van der Waals surface area (Å²) in [6, 6.07) is 0. The van der Waals surface area contributed by atoms with Crippen LogP contribution in [-0.2, 0) is 37.5 Å². The maximum absolute atomic E-state index is 11.2. The Morgan fingerprint density at radius 1 is 1.50 bits per heavy atom. The van der Waals surface area contributed by atoms with E-state index in [-0.39, 0.29) is 38.5 Å². The van der Waals surface area contributed by atoms with E-state index in [0.29, 0.717) is 11.1 Å². The molecule has 1 aliphatic carbocycles. The Kier molecular flexibility index (Phi) is 4.65. The van der Waals surface area contributed by atoms with E-state index < -0.39 is 0 Å². The first-order valence-electron chi connectivity index (χ1n) is 3.33. The molecule has 0 aromatic heterocycles. The number of Topliss-reactive ketones (excluding diaryl/α,β-unsaturated/α-hetero) is 1. The number of rotatable bonds is 0. The van der Waals surface area contributed by atoms with Gasteiger partial charge in [0.05, 0.1) is 5.78 Å². The van der Waals surface area contributed by atoms with Gasteiger partial charge in [-0.2, -0.15) is 17.7 Å². The predicted octanol–water partition coefficient (Wildman–Crippen LogP) is 1.70. The standard InChI is InChI=1S/C9H9O2.Y/c1-6-3-4-8(5-10)9(11)7(6)2;/h4-5,10H,1-2H3;/q-1;/b8-5-;. The summed E-state index contributed by atoms with van der Waals surface area (Å²) in [5.41, 5.74) is 1.78. The van der Waals surface area contributed by atoms with Crippen LogP contribution >= 0.6 is 0 Å². The van der Waals surface area contributed by atoms with Crippen molar-refractivity contribution in [3.8, 4) is 0 Å². The van der Waals surface area contributed by atoms with Crippen molar-refractivity contribution in [3.05, 3.63) is 35.1 Å². The minimum Gasteiger partial charge on any atom is -0.528 e. The largest absolute Gasteiger partial charge is 0.528 e. The van der Waals surface area contributed by atoms with Crippen LogP contribution in [0.4, 0.5) is 0 Å². The molecule has 1 aliphatic rings. The number of aliphatic hydroxyl groups excluding tert-OH is 1. The molecule has 1 rings (SSSR count). The molecule has 0 amide bonds. The van der Waals surface area contributed by atoms with Crippen molar-refractivity contribution in [2.75, 3.05) is 0 Å². The van der Waals surface area contributed by atoms with Gasteiger partial charge in [0, 0.05) is 39.0 Å².